The molecule has 5 heteroatoms. The van der Waals surface area contributed by atoms with Crippen molar-refractivity contribution in [2.75, 3.05) is 0 Å². The molecule has 0 aromatic heterocycles. The summed E-state index contributed by atoms with van der Waals surface area (Å²) in [4.78, 5) is 12.4. The van der Waals surface area contributed by atoms with Crippen molar-refractivity contribution in [3.05, 3.63) is 11.3 Å². The molecule has 176 valence electrons. The molecule has 0 bridgehead atoms. The number of hydrogen-bond acceptors (Lipinski definition) is 4. The average molecular weight is 441 g/mol. The van der Waals surface area contributed by atoms with Crippen LogP contribution in [0.1, 0.15) is 112 Å². The molecular formula is C25H48O4Si. The molecule has 0 aromatic carbocycles. The Morgan fingerprint density at radius 2 is 1.43 bits per heavy atom. The Hall–Kier alpha value is -0.813. The van der Waals surface area contributed by atoms with Gasteiger partial charge in [-0.25, -0.2) is 4.79 Å². The fourth-order valence-corrected chi connectivity index (χ4v) is 4.97. The van der Waals surface area contributed by atoms with Crippen LogP contribution >= 0.6 is 0 Å². The number of aliphatic hydroxyl groups excluding tert-OH is 1. The maximum Gasteiger partial charge on any atom is 0.340 e. The fourth-order valence-electron chi connectivity index (χ4n) is 3.67. The Balaban J connectivity index is 2.43. The lowest BCUT2D eigenvalue weighted by atomic mass is 10.0. The van der Waals surface area contributed by atoms with Gasteiger partial charge in [-0.3, -0.25) is 0 Å². The molecule has 1 N–H and O–H groups in total. The van der Waals surface area contributed by atoms with Crippen molar-refractivity contribution in [3.63, 3.8) is 0 Å². The Morgan fingerprint density at radius 3 is 1.90 bits per heavy atom. The van der Waals surface area contributed by atoms with Gasteiger partial charge in [0, 0.05) is 6.42 Å². The van der Waals surface area contributed by atoms with E-state index in [4.69, 9.17) is 9.16 Å². The lowest BCUT2D eigenvalue weighted by Gasteiger charge is -2.38. The number of ether oxygens (including phenoxy) is 1. The number of aliphatic hydroxyl groups is 1. The highest BCUT2D eigenvalue weighted by Crippen LogP contribution is 2.40. The highest BCUT2D eigenvalue weighted by Gasteiger charge is 2.47. The van der Waals surface area contributed by atoms with Crippen LogP contribution in [0.5, 0.6) is 0 Å². The summed E-state index contributed by atoms with van der Waals surface area (Å²) in [6, 6.07) is 0. The second kappa shape index (κ2) is 12.9. The van der Waals surface area contributed by atoms with E-state index in [1.54, 1.807) is 0 Å². The quantitative estimate of drug-likeness (QED) is 0.0982. The molecule has 0 aromatic rings. The third kappa shape index (κ3) is 8.74. The molecule has 1 fully saturated rings. The van der Waals surface area contributed by atoms with Crippen molar-refractivity contribution >= 4 is 14.3 Å². The maximum absolute atomic E-state index is 12.4. The molecule has 0 unspecified atom stereocenters. The number of unbranched alkanes of at least 4 members (excludes halogenated alkanes) is 10. The minimum absolute atomic E-state index is 0.0368. The number of allylic oxidation sites excluding steroid dienone is 1. The van der Waals surface area contributed by atoms with Crippen LogP contribution < -0.4 is 0 Å². The van der Waals surface area contributed by atoms with Crippen molar-refractivity contribution in [3.8, 4) is 0 Å². The molecule has 0 radical (unpaired) electrons. The van der Waals surface area contributed by atoms with Crippen LogP contribution in [0.2, 0.25) is 18.1 Å². The van der Waals surface area contributed by atoms with E-state index >= 15 is 0 Å². The molecule has 1 saturated heterocycles. The summed E-state index contributed by atoms with van der Waals surface area (Å²) in [6.45, 7) is 15.0. The van der Waals surface area contributed by atoms with Crippen molar-refractivity contribution < 1.29 is 19.1 Å². The zero-order chi connectivity index (χ0) is 22.8. The third-order valence-electron chi connectivity index (χ3n) is 6.78. The lowest BCUT2D eigenvalue weighted by molar-refractivity contribution is -0.138. The van der Waals surface area contributed by atoms with Gasteiger partial charge in [-0.15, -0.1) is 0 Å². The van der Waals surface area contributed by atoms with Gasteiger partial charge >= 0.3 is 5.97 Å². The van der Waals surface area contributed by atoms with Crippen molar-refractivity contribution in [2.24, 2.45) is 0 Å². The first-order valence-corrected chi connectivity index (χ1v) is 15.2. The van der Waals surface area contributed by atoms with E-state index in [1.165, 1.54) is 57.8 Å². The van der Waals surface area contributed by atoms with Gasteiger partial charge in [-0.2, -0.15) is 0 Å². The number of esters is 1. The van der Waals surface area contributed by atoms with E-state index in [2.05, 4.69) is 40.8 Å². The summed E-state index contributed by atoms with van der Waals surface area (Å²) in [7, 11) is -2.07. The molecular weight excluding hydrogens is 392 g/mol. The third-order valence-corrected chi connectivity index (χ3v) is 11.2. The molecule has 1 aliphatic heterocycles. The van der Waals surface area contributed by atoms with E-state index in [-0.39, 0.29) is 16.9 Å². The first-order chi connectivity index (χ1) is 14.0. The van der Waals surface area contributed by atoms with Crippen molar-refractivity contribution in [2.45, 2.75) is 142 Å². The Labute approximate surface area is 186 Å². The van der Waals surface area contributed by atoms with Gasteiger partial charge in [0.25, 0.3) is 0 Å². The van der Waals surface area contributed by atoms with E-state index in [0.717, 1.165) is 12.8 Å². The van der Waals surface area contributed by atoms with Gasteiger partial charge in [0.15, 0.2) is 8.32 Å². The smallest absolute Gasteiger partial charge is 0.340 e. The van der Waals surface area contributed by atoms with Crippen LogP contribution in [0.4, 0.5) is 0 Å². The largest absolute Gasteiger partial charge is 0.512 e. The molecule has 1 heterocycles. The van der Waals surface area contributed by atoms with Crippen molar-refractivity contribution in [1.29, 1.82) is 0 Å². The molecule has 1 aliphatic rings. The zero-order valence-corrected chi connectivity index (χ0v) is 21.8. The number of hydrogen-bond donors (Lipinski definition) is 1. The fraction of sp³-hybridized carbons (Fsp3) is 0.880. The van der Waals surface area contributed by atoms with E-state index in [9.17, 15) is 9.90 Å². The van der Waals surface area contributed by atoms with E-state index in [0.29, 0.717) is 12.0 Å². The normalized spacial score (nSPS) is 21.8. The predicted molar refractivity (Wildman–Crippen MR) is 128 cm³/mol. The second-order valence-corrected chi connectivity index (χ2v) is 15.3. The number of rotatable bonds is 14. The SMILES string of the molecule is CCCCCCCCCCCCC/C(O)=C1\C(=O)O[C@@H](C)[C@H]1O[Si](C)(C)C(C)(C)C. The molecule has 4 nitrogen and oxygen atoms in total. The minimum atomic E-state index is -2.07. The van der Waals surface area contributed by atoms with Gasteiger partial charge in [0.05, 0.1) is 0 Å². The van der Waals surface area contributed by atoms with Gasteiger partial charge in [0.1, 0.15) is 23.5 Å². The molecule has 1 rings (SSSR count). The zero-order valence-electron chi connectivity index (χ0n) is 20.8. The van der Waals surface area contributed by atoms with Gasteiger partial charge in [-0.05, 0) is 31.5 Å². The van der Waals surface area contributed by atoms with Crippen LogP contribution in [-0.4, -0.2) is 31.6 Å². The van der Waals surface area contributed by atoms with Crippen LogP contribution in [-0.2, 0) is 14.0 Å². The average Bonchev–Trinajstić information content (AvgIpc) is 2.91. The Morgan fingerprint density at radius 1 is 0.967 bits per heavy atom. The summed E-state index contributed by atoms with van der Waals surface area (Å²) < 4.78 is 11.9. The van der Waals surface area contributed by atoms with Crippen molar-refractivity contribution in [1.82, 2.24) is 0 Å². The monoisotopic (exact) mass is 440 g/mol. The van der Waals surface area contributed by atoms with Crippen LogP contribution in [0, 0.1) is 0 Å². The topological polar surface area (TPSA) is 55.8 Å². The van der Waals surface area contributed by atoms with Gasteiger partial charge in [-0.1, -0.05) is 91.9 Å². The highest BCUT2D eigenvalue weighted by molar-refractivity contribution is 6.74. The first kappa shape index (κ1) is 27.2. The van der Waals surface area contributed by atoms with E-state index < -0.39 is 20.4 Å². The van der Waals surface area contributed by atoms with Crippen LogP contribution in [0.25, 0.3) is 0 Å². The van der Waals surface area contributed by atoms with Crippen LogP contribution in [0.15, 0.2) is 11.3 Å². The highest BCUT2D eigenvalue weighted by atomic mass is 28.4. The second-order valence-electron chi connectivity index (χ2n) is 10.6. The number of cyclic esters (lactones) is 1. The van der Waals surface area contributed by atoms with Gasteiger partial charge < -0.3 is 14.3 Å². The summed E-state index contributed by atoms with van der Waals surface area (Å²) in [5.41, 5.74) is 0.361. The standard InChI is InChI=1S/C25H48O4Si/c1-8-9-10-11-12-13-14-15-16-17-18-19-21(26)22-23(20(2)28-24(22)27)29-30(6,7)25(3,4)5/h20,23,26H,8-19H2,1-7H3/b22-21+/t20-,23+/m0/s1. The molecule has 0 amide bonds. The minimum Gasteiger partial charge on any atom is -0.512 e. The van der Waals surface area contributed by atoms with E-state index in [1.807, 2.05) is 6.92 Å². The molecule has 0 aliphatic carbocycles. The molecule has 0 saturated carbocycles. The Kier molecular flexibility index (Phi) is 11.7. The predicted octanol–water partition coefficient (Wildman–Crippen LogP) is 7.84. The van der Waals surface area contributed by atoms with Gasteiger partial charge in [0.2, 0.25) is 0 Å². The lowest BCUT2D eigenvalue weighted by Crippen LogP contribution is -2.46. The maximum atomic E-state index is 12.4. The summed E-state index contributed by atoms with van der Waals surface area (Å²) in [5, 5.41) is 10.7. The number of carbonyl (C=O) groups excluding carboxylic acids is 1. The first-order valence-electron chi connectivity index (χ1n) is 12.3. The molecule has 30 heavy (non-hydrogen) atoms. The summed E-state index contributed by atoms with van der Waals surface area (Å²) in [6.07, 6.45) is 13.6. The van der Waals surface area contributed by atoms with Crippen LogP contribution in [0.3, 0.4) is 0 Å². The summed E-state index contributed by atoms with van der Waals surface area (Å²) in [5.74, 6) is -0.240. The molecule has 0 spiro atoms. The molecule has 2 atom stereocenters. The summed E-state index contributed by atoms with van der Waals surface area (Å²) >= 11 is 0. The Bertz CT molecular complexity index is 548. The number of carbonyl (C=O) groups is 1.